The van der Waals surface area contributed by atoms with Crippen molar-refractivity contribution in [3.63, 3.8) is 0 Å². The van der Waals surface area contributed by atoms with Gasteiger partial charge < -0.3 is 20.1 Å². The first kappa shape index (κ1) is 10.5. The van der Waals surface area contributed by atoms with Crippen molar-refractivity contribution >= 4 is 11.4 Å². The number of nitrogen functional groups attached to an aromatic ring is 1. The zero-order valence-corrected chi connectivity index (χ0v) is 9.00. The molecule has 0 aliphatic rings. The Morgan fingerprint density at radius 1 is 1.07 bits per heavy atom. The predicted octanol–water partition coefficient (Wildman–Crippen LogP) is 1.35. The number of hydrogen-bond acceptors (Lipinski definition) is 4. The summed E-state index contributed by atoms with van der Waals surface area (Å²) in [6.07, 6.45) is 0. The van der Waals surface area contributed by atoms with E-state index in [1.165, 1.54) is 0 Å². The maximum atomic E-state index is 5.75. The Balaban J connectivity index is 3.33. The van der Waals surface area contributed by atoms with Crippen LogP contribution in [0.5, 0.6) is 11.5 Å². The molecule has 0 radical (unpaired) electrons. The molecule has 4 nitrogen and oxygen atoms in total. The first-order valence-electron chi connectivity index (χ1n) is 4.29. The van der Waals surface area contributed by atoms with Crippen molar-refractivity contribution in [3.05, 3.63) is 12.1 Å². The highest BCUT2D eigenvalue weighted by molar-refractivity contribution is 5.72. The van der Waals surface area contributed by atoms with Crippen LogP contribution in [-0.2, 0) is 0 Å². The minimum Gasteiger partial charge on any atom is -0.491 e. The zero-order chi connectivity index (χ0) is 10.7. The minimum absolute atomic E-state index is 0.579. The van der Waals surface area contributed by atoms with E-state index in [0.29, 0.717) is 17.2 Å². The normalized spacial score (nSPS) is 9.71. The van der Waals surface area contributed by atoms with Gasteiger partial charge in [0.15, 0.2) is 11.5 Å². The lowest BCUT2D eigenvalue weighted by molar-refractivity contribution is 0.357. The van der Waals surface area contributed by atoms with Crippen LogP contribution in [0.25, 0.3) is 0 Å². The highest BCUT2D eigenvalue weighted by Gasteiger charge is 2.14. The summed E-state index contributed by atoms with van der Waals surface area (Å²) in [5.41, 5.74) is 7.27. The van der Waals surface area contributed by atoms with Gasteiger partial charge in [0.1, 0.15) is 0 Å². The molecule has 78 valence electrons. The first-order chi connectivity index (χ1) is 6.61. The summed E-state index contributed by atoms with van der Waals surface area (Å²) in [6, 6.07) is 3.70. The van der Waals surface area contributed by atoms with Gasteiger partial charge in [0.2, 0.25) is 0 Å². The molecule has 0 aromatic heterocycles. The monoisotopic (exact) mass is 196 g/mol. The Hall–Kier alpha value is -1.58. The van der Waals surface area contributed by atoms with Crippen LogP contribution in [0.1, 0.15) is 0 Å². The molecule has 14 heavy (non-hydrogen) atoms. The molecular weight excluding hydrogens is 180 g/mol. The predicted molar refractivity (Wildman–Crippen MR) is 58.3 cm³/mol. The van der Waals surface area contributed by atoms with Gasteiger partial charge in [-0.05, 0) is 12.1 Å². The molecule has 4 heteroatoms. The summed E-state index contributed by atoms with van der Waals surface area (Å²) in [4.78, 5) is 1.95. The average molecular weight is 196 g/mol. The summed E-state index contributed by atoms with van der Waals surface area (Å²) in [6.45, 7) is 0. The summed E-state index contributed by atoms with van der Waals surface area (Å²) < 4.78 is 10.4. The van der Waals surface area contributed by atoms with Gasteiger partial charge in [-0.15, -0.1) is 0 Å². The minimum atomic E-state index is 0.579. The van der Waals surface area contributed by atoms with Crippen molar-refractivity contribution in [1.29, 1.82) is 0 Å². The third kappa shape index (κ3) is 1.69. The van der Waals surface area contributed by atoms with E-state index in [4.69, 9.17) is 15.2 Å². The van der Waals surface area contributed by atoms with Crippen molar-refractivity contribution in [2.45, 2.75) is 0 Å². The molecule has 0 unspecified atom stereocenters. The Labute approximate surface area is 84.2 Å². The van der Waals surface area contributed by atoms with Crippen molar-refractivity contribution in [1.82, 2.24) is 0 Å². The van der Waals surface area contributed by atoms with Gasteiger partial charge in [0.05, 0.1) is 25.6 Å². The van der Waals surface area contributed by atoms with Gasteiger partial charge in [-0.2, -0.15) is 0 Å². The van der Waals surface area contributed by atoms with E-state index in [1.807, 2.05) is 25.1 Å². The van der Waals surface area contributed by atoms with Gasteiger partial charge in [-0.25, -0.2) is 0 Å². The van der Waals surface area contributed by atoms with Crippen molar-refractivity contribution < 1.29 is 9.47 Å². The first-order valence-corrected chi connectivity index (χ1v) is 4.29. The van der Waals surface area contributed by atoms with Gasteiger partial charge in [0, 0.05) is 14.1 Å². The maximum absolute atomic E-state index is 5.75. The van der Waals surface area contributed by atoms with Crippen LogP contribution in [0, 0.1) is 0 Å². The summed E-state index contributed by atoms with van der Waals surface area (Å²) in [5, 5.41) is 0. The van der Waals surface area contributed by atoms with Crippen LogP contribution in [0.4, 0.5) is 11.4 Å². The fraction of sp³-hybridized carbons (Fsp3) is 0.400. The van der Waals surface area contributed by atoms with Crippen molar-refractivity contribution in [2.24, 2.45) is 0 Å². The number of rotatable bonds is 3. The summed E-state index contributed by atoms with van der Waals surface area (Å²) in [7, 11) is 7.05. The molecule has 0 aliphatic carbocycles. The van der Waals surface area contributed by atoms with E-state index in [0.717, 1.165) is 5.69 Å². The van der Waals surface area contributed by atoms with Crippen LogP contribution < -0.4 is 20.1 Å². The Kier molecular flexibility index (Phi) is 3.06. The smallest absolute Gasteiger partial charge is 0.186 e. The van der Waals surface area contributed by atoms with E-state index in [2.05, 4.69) is 0 Å². The van der Waals surface area contributed by atoms with Crippen molar-refractivity contribution in [2.75, 3.05) is 38.9 Å². The lowest BCUT2D eigenvalue weighted by Gasteiger charge is -2.19. The standard InChI is InChI=1S/C10H16N2O2/c1-12(2)8-6-5-7(11)9(13-3)10(8)14-4/h5-6H,11H2,1-4H3. The quantitative estimate of drug-likeness (QED) is 0.741. The third-order valence-electron chi connectivity index (χ3n) is 2.01. The lowest BCUT2D eigenvalue weighted by Crippen LogP contribution is -2.11. The number of benzene rings is 1. The number of ether oxygens (including phenoxy) is 2. The van der Waals surface area contributed by atoms with Crippen molar-refractivity contribution in [3.8, 4) is 11.5 Å². The zero-order valence-electron chi connectivity index (χ0n) is 9.00. The van der Waals surface area contributed by atoms with Crippen LogP contribution in [0.3, 0.4) is 0 Å². The number of hydrogen-bond donors (Lipinski definition) is 1. The Morgan fingerprint density at radius 3 is 2.07 bits per heavy atom. The second kappa shape index (κ2) is 4.09. The number of nitrogens with zero attached hydrogens (tertiary/aromatic N) is 1. The topological polar surface area (TPSA) is 47.7 Å². The van der Waals surface area contributed by atoms with Crippen LogP contribution >= 0.6 is 0 Å². The molecule has 1 rings (SSSR count). The molecule has 1 aromatic rings. The molecule has 1 aromatic carbocycles. The average Bonchev–Trinajstić information content (AvgIpc) is 2.16. The SMILES string of the molecule is COc1c(N)ccc(N(C)C)c1OC. The molecule has 2 N–H and O–H groups in total. The van der Waals surface area contributed by atoms with Gasteiger partial charge in [0.25, 0.3) is 0 Å². The highest BCUT2D eigenvalue weighted by Crippen LogP contribution is 2.40. The van der Waals surface area contributed by atoms with Crippen LogP contribution in [0.15, 0.2) is 12.1 Å². The fourth-order valence-electron chi connectivity index (χ4n) is 1.33. The molecule has 0 bridgehead atoms. The van der Waals surface area contributed by atoms with E-state index in [9.17, 15) is 0 Å². The van der Waals surface area contributed by atoms with Crippen LogP contribution in [0.2, 0.25) is 0 Å². The maximum Gasteiger partial charge on any atom is 0.186 e. The summed E-state index contributed by atoms with van der Waals surface area (Å²) >= 11 is 0. The second-order valence-electron chi connectivity index (χ2n) is 3.13. The third-order valence-corrected chi connectivity index (χ3v) is 2.01. The molecule has 0 aliphatic heterocycles. The van der Waals surface area contributed by atoms with Crippen LogP contribution in [-0.4, -0.2) is 28.3 Å². The van der Waals surface area contributed by atoms with Gasteiger partial charge >= 0.3 is 0 Å². The molecule has 0 amide bonds. The Morgan fingerprint density at radius 2 is 1.64 bits per heavy atom. The summed E-state index contributed by atoms with van der Waals surface area (Å²) in [5.74, 6) is 1.25. The lowest BCUT2D eigenvalue weighted by atomic mass is 10.2. The molecular formula is C10H16N2O2. The molecule has 0 fully saturated rings. The Bertz CT molecular complexity index is 324. The van der Waals surface area contributed by atoms with E-state index in [-0.39, 0.29) is 0 Å². The number of nitrogens with two attached hydrogens (primary N) is 1. The molecule has 0 heterocycles. The second-order valence-corrected chi connectivity index (χ2v) is 3.13. The van der Waals surface area contributed by atoms with E-state index in [1.54, 1.807) is 20.3 Å². The largest absolute Gasteiger partial charge is 0.491 e. The van der Waals surface area contributed by atoms with E-state index >= 15 is 0 Å². The molecule has 0 atom stereocenters. The number of anilines is 2. The molecule has 0 spiro atoms. The molecule has 0 saturated carbocycles. The number of methoxy groups -OCH3 is 2. The van der Waals surface area contributed by atoms with E-state index < -0.39 is 0 Å². The van der Waals surface area contributed by atoms with Gasteiger partial charge in [-0.1, -0.05) is 0 Å². The highest BCUT2D eigenvalue weighted by atomic mass is 16.5. The van der Waals surface area contributed by atoms with Gasteiger partial charge in [-0.3, -0.25) is 0 Å². The fourth-order valence-corrected chi connectivity index (χ4v) is 1.33. The molecule has 0 saturated heterocycles.